The number of rotatable bonds is 4. The highest BCUT2D eigenvalue weighted by Crippen LogP contribution is 2.27. The summed E-state index contributed by atoms with van der Waals surface area (Å²) in [5.41, 5.74) is 0.328. The Labute approximate surface area is 151 Å². The van der Waals surface area contributed by atoms with Crippen molar-refractivity contribution in [3.05, 3.63) is 58.4 Å². The second-order valence-corrected chi connectivity index (χ2v) is 6.61. The summed E-state index contributed by atoms with van der Waals surface area (Å²) in [6.45, 7) is 1.45. The summed E-state index contributed by atoms with van der Waals surface area (Å²) in [5, 5.41) is 3.29. The van der Waals surface area contributed by atoms with Gasteiger partial charge in [-0.05, 0) is 48.7 Å². The van der Waals surface area contributed by atoms with E-state index in [1.807, 2.05) is 0 Å². The minimum atomic E-state index is -1.04. The number of aromatic nitrogens is 1. The first kappa shape index (κ1) is 17.3. The maximum Gasteiger partial charge on any atom is 0.349 e. The standard InChI is InChI=1S/C17H12ClFN2O3S/c1-9(16(22)21-12-3-2-6-20-15(12)18)24-17(23)14-8-10-7-11(19)4-5-13(10)25-14/h2-9H,1H3,(H,21,22). The van der Waals surface area contributed by atoms with Crippen LogP contribution in [-0.4, -0.2) is 23.0 Å². The van der Waals surface area contributed by atoms with E-state index in [1.54, 1.807) is 18.2 Å². The molecule has 3 rings (SSSR count). The fourth-order valence-electron chi connectivity index (χ4n) is 2.10. The van der Waals surface area contributed by atoms with Crippen molar-refractivity contribution in [2.24, 2.45) is 0 Å². The molecule has 0 bridgehead atoms. The number of nitrogens with one attached hydrogen (secondary N) is 1. The van der Waals surface area contributed by atoms with Crippen molar-refractivity contribution < 1.29 is 18.7 Å². The molecule has 1 atom stereocenters. The number of ether oxygens (including phenoxy) is 1. The molecule has 0 fully saturated rings. The number of benzene rings is 1. The predicted octanol–water partition coefficient (Wildman–Crippen LogP) is 4.27. The van der Waals surface area contributed by atoms with Gasteiger partial charge in [0.2, 0.25) is 0 Å². The highest BCUT2D eigenvalue weighted by molar-refractivity contribution is 7.20. The Morgan fingerprint density at radius 1 is 1.32 bits per heavy atom. The number of halogens is 2. The van der Waals surface area contributed by atoms with Crippen LogP contribution in [0.15, 0.2) is 42.6 Å². The summed E-state index contributed by atoms with van der Waals surface area (Å²) >= 11 is 7.04. The summed E-state index contributed by atoms with van der Waals surface area (Å²) < 4.78 is 19.2. The van der Waals surface area contributed by atoms with Crippen molar-refractivity contribution in [1.29, 1.82) is 0 Å². The smallest absolute Gasteiger partial charge is 0.349 e. The molecule has 5 nitrogen and oxygen atoms in total. The lowest BCUT2D eigenvalue weighted by Crippen LogP contribution is -2.29. The molecule has 0 saturated heterocycles. The number of hydrogen-bond donors (Lipinski definition) is 1. The Kier molecular flexibility index (Phi) is 4.96. The van der Waals surface area contributed by atoms with Crippen LogP contribution in [0.4, 0.5) is 10.1 Å². The first-order chi connectivity index (χ1) is 11.9. The average Bonchev–Trinajstić information content (AvgIpc) is 3.00. The predicted molar refractivity (Wildman–Crippen MR) is 94.5 cm³/mol. The monoisotopic (exact) mass is 378 g/mol. The molecule has 0 spiro atoms. The Bertz CT molecular complexity index is 960. The third kappa shape index (κ3) is 3.94. The molecule has 0 aliphatic heterocycles. The molecule has 0 saturated carbocycles. The Morgan fingerprint density at radius 2 is 2.12 bits per heavy atom. The number of pyridine rings is 1. The molecule has 128 valence electrons. The summed E-state index contributed by atoms with van der Waals surface area (Å²) in [5.74, 6) is -1.57. The zero-order valence-corrected chi connectivity index (χ0v) is 14.5. The number of thiophene rings is 1. The third-order valence-corrected chi connectivity index (χ3v) is 4.75. The fraction of sp³-hybridized carbons (Fsp3) is 0.118. The Hall–Kier alpha value is -2.51. The van der Waals surface area contributed by atoms with Crippen LogP contribution in [-0.2, 0) is 9.53 Å². The molecule has 2 heterocycles. The zero-order chi connectivity index (χ0) is 18.0. The molecule has 8 heteroatoms. The van der Waals surface area contributed by atoms with E-state index in [1.165, 1.54) is 42.7 Å². The summed E-state index contributed by atoms with van der Waals surface area (Å²) in [7, 11) is 0. The molecular weight excluding hydrogens is 367 g/mol. The molecule has 0 aliphatic carbocycles. The molecule has 0 aliphatic rings. The third-order valence-electron chi connectivity index (χ3n) is 3.35. The number of fused-ring (bicyclic) bond motifs is 1. The Balaban J connectivity index is 1.68. The van der Waals surface area contributed by atoms with Gasteiger partial charge >= 0.3 is 5.97 Å². The lowest BCUT2D eigenvalue weighted by atomic mass is 10.2. The van der Waals surface area contributed by atoms with Crippen LogP contribution in [0.25, 0.3) is 10.1 Å². The van der Waals surface area contributed by atoms with Gasteiger partial charge in [0.25, 0.3) is 5.91 Å². The van der Waals surface area contributed by atoms with Crippen molar-refractivity contribution in [1.82, 2.24) is 4.98 Å². The van der Waals surface area contributed by atoms with Gasteiger partial charge in [0.05, 0.1) is 5.69 Å². The van der Waals surface area contributed by atoms with Gasteiger partial charge in [-0.25, -0.2) is 14.2 Å². The molecular formula is C17H12ClFN2O3S. The molecule has 0 radical (unpaired) electrons. The number of amides is 1. The van der Waals surface area contributed by atoms with Gasteiger partial charge in [-0.2, -0.15) is 0 Å². The largest absolute Gasteiger partial charge is 0.448 e. The van der Waals surface area contributed by atoms with Crippen LogP contribution < -0.4 is 5.32 Å². The van der Waals surface area contributed by atoms with Crippen molar-refractivity contribution in [2.45, 2.75) is 13.0 Å². The average molecular weight is 379 g/mol. The molecule has 1 amide bonds. The molecule has 1 N–H and O–H groups in total. The van der Waals surface area contributed by atoms with E-state index in [0.29, 0.717) is 16.0 Å². The summed E-state index contributed by atoms with van der Waals surface area (Å²) in [4.78, 5) is 28.5. The molecule has 1 aromatic carbocycles. The normalized spacial score (nSPS) is 12.0. The van der Waals surface area contributed by atoms with Crippen molar-refractivity contribution in [3.8, 4) is 0 Å². The SMILES string of the molecule is CC(OC(=O)c1cc2cc(F)ccc2s1)C(=O)Nc1cccnc1Cl. The van der Waals surface area contributed by atoms with Crippen molar-refractivity contribution in [2.75, 3.05) is 5.32 Å². The zero-order valence-electron chi connectivity index (χ0n) is 13.0. The molecule has 2 aromatic heterocycles. The van der Waals surface area contributed by atoms with Crippen LogP contribution in [0.2, 0.25) is 5.15 Å². The van der Waals surface area contributed by atoms with Gasteiger partial charge in [0, 0.05) is 10.9 Å². The van der Waals surface area contributed by atoms with E-state index in [0.717, 1.165) is 4.70 Å². The van der Waals surface area contributed by atoms with Gasteiger partial charge in [0.1, 0.15) is 10.7 Å². The van der Waals surface area contributed by atoms with E-state index in [2.05, 4.69) is 10.3 Å². The second-order valence-electron chi connectivity index (χ2n) is 5.17. The van der Waals surface area contributed by atoms with Crippen LogP contribution in [0.3, 0.4) is 0 Å². The van der Waals surface area contributed by atoms with Crippen LogP contribution in [0, 0.1) is 5.82 Å². The van der Waals surface area contributed by atoms with E-state index in [9.17, 15) is 14.0 Å². The summed E-state index contributed by atoms with van der Waals surface area (Å²) in [6, 6.07) is 8.99. The van der Waals surface area contributed by atoms with E-state index in [4.69, 9.17) is 16.3 Å². The first-order valence-corrected chi connectivity index (χ1v) is 8.45. The number of carbonyl (C=O) groups is 2. The van der Waals surface area contributed by atoms with Gasteiger partial charge in [-0.3, -0.25) is 4.79 Å². The van der Waals surface area contributed by atoms with Crippen LogP contribution >= 0.6 is 22.9 Å². The van der Waals surface area contributed by atoms with E-state index < -0.39 is 18.0 Å². The van der Waals surface area contributed by atoms with Gasteiger partial charge in [-0.1, -0.05) is 11.6 Å². The van der Waals surface area contributed by atoms with E-state index in [-0.39, 0.29) is 11.0 Å². The first-order valence-electron chi connectivity index (χ1n) is 7.25. The number of hydrogen-bond acceptors (Lipinski definition) is 5. The number of anilines is 1. The number of esters is 1. The van der Waals surface area contributed by atoms with Gasteiger partial charge < -0.3 is 10.1 Å². The number of nitrogens with zero attached hydrogens (tertiary/aromatic N) is 1. The quantitative estimate of drug-likeness (QED) is 0.543. The van der Waals surface area contributed by atoms with E-state index >= 15 is 0 Å². The Morgan fingerprint density at radius 3 is 2.88 bits per heavy atom. The number of carbonyl (C=O) groups excluding carboxylic acids is 2. The lowest BCUT2D eigenvalue weighted by Gasteiger charge is -2.13. The highest BCUT2D eigenvalue weighted by atomic mass is 35.5. The minimum Gasteiger partial charge on any atom is -0.448 e. The maximum absolute atomic E-state index is 13.2. The summed E-state index contributed by atoms with van der Waals surface area (Å²) in [6.07, 6.45) is 0.455. The maximum atomic E-state index is 13.2. The fourth-order valence-corrected chi connectivity index (χ4v) is 3.19. The minimum absolute atomic E-state index is 0.140. The van der Waals surface area contributed by atoms with Crippen LogP contribution in [0.5, 0.6) is 0 Å². The highest BCUT2D eigenvalue weighted by Gasteiger charge is 2.21. The lowest BCUT2D eigenvalue weighted by molar-refractivity contribution is -0.123. The second kappa shape index (κ2) is 7.16. The molecule has 3 aromatic rings. The molecule has 25 heavy (non-hydrogen) atoms. The van der Waals surface area contributed by atoms with Crippen molar-refractivity contribution >= 4 is 50.6 Å². The van der Waals surface area contributed by atoms with Crippen LogP contribution in [0.1, 0.15) is 16.6 Å². The van der Waals surface area contributed by atoms with Gasteiger partial charge in [-0.15, -0.1) is 11.3 Å². The van der Waals surface area contributed by atoms with Gasteiger partial charge in [0.15, 0.2) is 11.3 Å². The molecule has 1 unspecified atom stereocenters. The van der Waals surface area contributed by atoms with Crippen molar-refractivity contribution in [3.63, 3.8) is 0 Å². The topological polar surface area (TPSA) is 68.3 Å².